The third kappa shape index (κ3) is 64.8. The van der Waals surface area contributed by atoms with Gasteiger partial charge in [0.25, 0.3) is 0 Å². The van der Waals surface area contributed by atoms with Gasteiger partial charge in [-0.15, -0.1) is 0 Å². The molecule has 5 atom stereocenters. The van der Waals surface area contributed by atoms with Gasteiger partial charge < -0.3 is 34.2 Å². The predicted octanol–water partition coefficient (Wildman–Crippen LogP) is 18.2. The fourth-order valence-corrected chi connectivity index (χ4v) is 9.59. The van der Waals surface area contributed by atoms with Gasteiger partial charge in [0, 0.05) is 19.3 Å². The number of aliphatic hydroxyl groups excluding tert-OH is 2. The Bertz CT molecular complexity index is 2210. The van der Waals surface area contributed by atoms with Crippen LogP contribution in [0.1, 0.15) is 226 Å². The topological polar surface area (TPSA) is 231 Å². The first-order valence-electron chi connectivity index (χ1n) is 33.1. The summed E-state index contributed by atoms with van der Waals surface area (Å²) in [5.74, 6) is -1.67. The second kappa shape index (κ2) is 63.6. The Kier molecular flexibility index (Phi) is 60.3. The summed E-state index contributed by atoms with van der Waals surface area (Å²) in [6.45, 7) is 2.28. The standard InChI is InChI=1S/C71H116O16P2/c1-4-7-10-13-16-19-22-25-28-30-32-34-37-39-42-45-48-51-54-57-69(74)81-60-66(72)61-83-88(77,78)84-62-67(73)63-85-89(79,80)86-65-68(87-71(76)59-56-53-50-47-44-41-36-27-24-21-18-15-12-9-6-3)64-82-70(75)58-55-52-49-46-43-40-38-35-33-31-29-26-23-20-17-14-11-8-5-2/h7-8,10-11,16-21,25-29,32-36,39-40,42-43,66-68,72-73H,4-6,9,12-15,22-24,30-31,37-38,41,44-65H2,1-3H3,(H,77,78)(H,79,80)/b10-7-,11-8-,19-16-,20-17-,21-18-,28-25-,29-26-,34-32-,35-33-,36-27-,42-39-,43-40-. The highest BCUT2D eigenvalue weighted by atomic mass is 31.2. The minimum atomic E-state index is -4.94. The summed E-state index contributed by atoms with van der Waals surface area (Å²) in [5.41, 5.74) is 0. The molecule has 0 bridgehead atoms. The fraction of sp³-hybridized carbons (Fsp3) is 0.620. The third-order valence-corrected chi connectivity index (χ3v) is 14.9. The highest BCUT2D eigenvalue weighted by Crippen LogP contribution is 2.45. The second-order valence-electron chi connectivity index (χ2n) is 21.5. The van der Waals surface area contributed by atoms with Crippen molar-refractivity contribution in [3.63, 3.8) is 0 Å². The number of rotatable bonds is 61. The van der Waals surface area contributed by atoms with Crippen LogP contribution < -0.4 is 0 Å². The summed E-state index contributed by atoms with van der Waals surface area (Å²) in [6.07, 6.45) is 74.7. The lowest BCUT2D eigenvalue weighted by Crippen LogP contribution is -2.30. The van der Waals surface area contributed by atoms with Gasteiger partial charge in [0.1, 0.15) is 25.4 Å². The molecule has 0 aromatic rings. The van der Waals surface area contributed by atoms with E-state index < -0.39 is 91.5 Å². The van der Waals surface area contributed by atoms with Crippen LogP contribution in [0.5, 0.6) is 0 Å². The maximum absolute atomic E-state index is 12.9. The summed E-state index contributed by atoms with van der Waals surface area (Å²) < 4.78 is 60.8. The number of phosphoric ester groups is 2. The molecule has 16 nitrogen and oxygen atoms in total. The van der Waals surface area contributed by atoms with Gasteiger partial charge in [0.15, 0.2) is 6.10 Å². The van der Waals surface area contributed by atoms with Gasteiger partial charge in [0.2, 0.25) is 0 Å². The van der Waals surface area contributed by atoms with E-state index >= 15 is 0 Å². The molecule has 0 amide bonds. The summed E-state index contributed by atoms with van der Waals surface area (Å²) in [5, 5.41) is 20.5. The van der Waals surface area contributed by atoms with Crippen molar-refractivity contribution < 1.29 is 75.8 Å². The van der Waals surface area contributed by atoms with Gasteiger partial charge in [-0.3, -0.25) is 32.5 Å². The Balaban J connectivity index is 4.79. The van der Waals surface area contributed by atoms with Crippen molar-refractivity contribution in [3.8, 4) is 0 Å². The monoisotopic (exact) mass is 1290 g/mol. The van der Waals surface area contributed by atoms with Crippen molar-refractivity contribution in [1.82, 2.24) is 0 Å². The van der Waals surface area contributed by atoms with Crippen molar-refractivity contribution in [2.75, 3.05) is 39.6 Å². The zero-order valence-electron chi connectivity index (χ0n) is 54.5. The molecule has 0 rings (SSSR count). The average Bonchev–Trinajstić information content (AvgIpc) is 3.54. The Morgan fingerprint density at radius 3 is 0.955 bits per heavy atom. The quantitative estimate of drug-likeness (QED) is 0.0146. The van der Waals surface area contributed by atoms with E-state index in [2.05, 4.69) is 167 Å². The molecule has 89 heavy (non-hydrogen) atoms. The highest BCUT2D eigenvalue weighted by Gasteiger charge is 2.29. The van der Waals surface area contributed by atoms with E-state index in [-0.39, 0.29) is 19.3 Å². The maximum atomic E-state index is 12.9. The van der Waals surface area contributed by atoms with Gasteiger partial charge in [0.05, 0.1) is 26.4 Å². The first-order valence-corrected chi connectivity index (χ1v) is 36.1. The van der Waals surface area contributed by atoms with E-state index in [1.807, 2.05) is 0 Å². The maximum Gasteiger partial charge on any atom is 0.472 e. The normalized spacial score (nSPS) is 15.2. The van der Waals surface area contributed by atoms with Crippen molar-refractivity contribution in [3.05, 3.63) is 146 Å². The molecule has 0 saturated heterocycles. The third-order valence-electron chi connectivity index (χ3n) is 13.0. The van der Waals surface area contributed by atoms with Gasteiger partial charge in [-0.05, 0) is 141 Å². The van der Waals surface area contributed by atoms with Crippen LogP contribution in [-0.4, -0.2) is 95.9 Å². The van der Waals surface area contributed by atoms with Crippen molar-refractivity contribution in [2.24, 2.45) is 0 Å². The molecule has 506 valence electrons. The smallest absolute Gasteiger partial charge is 0.463 e. The van der Waals surface area contributed by atoms with Gasteiger partial charge in [-0.1, -0.05) is 212 Å². The minimum absolute atomic E-state index is 0.0749. The largest absolute Gasteiger partial charge is 0.472 e. The van der Waals surface area contributed by atoms with E-state index in [4.69, 9.17) is 32.3 Å². The van der Waals surface area contributed by atoms with Crippen LogP contribution in [0.2, 0.25) is 0 Å². The number of carbonyl (C=O) groups excluding carboxylic acids is 3. The number of phosphoric acid groups is 2. The number of aliphatic hydroxyl groups is 2. The zero-order chi connectivity index (χ0) is 65.3. The number of unbranched alkanes of at least 4 members (excludes halogenated alkanes) is 14. The van der Waals surface area contributed by atoms with E-state index in [1.165, 1.54) is 19.3 Å². The summed E-state index contributed by atoms with van der Waals surface area (Å²) >= 11 is 0. The van der Waals surface area contributed by atoms with E-state index in [0.29, 0.717) is 19.3 Å². The number of hydrogen-bond acceptors (Lipinski definition) is 14. The molecular weight excluding hydrogens is 1170 g/mol. The molecule has 0 aliphatic carbocycles. The lowest BCUT2D eigenvalue weighted by molar-refractivity contribution is -0.161. The molecule has 5 unspecified atom stereocenters. The molecule has 0 saturated carbocycles. The molecule has 0 fully saturated rings. The number of allylic oxidation sites excluding steroid dienone is 24. The molecule has 18 heteroatoms. The SMILES string of the molecule is CC/C=C\C/C=C\C/C=C\C/C=C\C/C=C\CCCCCC(=O)OCC(O)COP(=O)(O)OCC(O)COP(=O)(O)OCC(COC(=O)CCCCC/C=C\C/C=C\C/C=C\C/C=C\C/C=C\CC)OC(=O)CCCCCCC/C=C\C/C=C\CCCCC. The van der Waals surface area contributed by atoms with E-state index in [9.17, 15) is 43.5 Å². The van der Waals surface area contributed by atoms with Gasteiger partial charge >= 0.3 is 33.6 Å². The van der Waals surface area contributed by atoms with Gasteiger partial charge in [-0.2, -0.15) is 0 Å². The molecule has 0 aromatic carbocycles. The van der Waals surface area contributed by atoms with Gasteiger partial charge in [-0.25, -0.2) is 9.13 Å². The highest BCUT2D eigenvalue weighted by molar-refractivity contribution is 7.47. The van der Waals surface area contributed by atoms with Crippen molar-refractivity contribution >= 4 is 33.6 Å². The van der Waals surface area contributed by atoms with Crippen LogP contribution >= 0.6 is 15.6 Å². The molecule has 0 radical (unpaired) electrons. The summed E-state index contributed by atoms with van der Waals surface area (Å²) in [7, 11) is -9.81. The Hall–Kier alpha value is -4.57. The van der Waals surface area contributed by atoms with Crippen LogP contribution in [-0.2, 0) is 55.8 Å². The second-order valence-corrected chi connectivity index (χ2v) is 24.4. The fourth-order valence-electron chi connectivity index (χ4n) is 8.00. The molecule has 0 heterocycles. The first-order chi connectivity index (χ1) is 43.2. The van der Waals surface area contributed by atoms with Crippen molar-refractivity contribution in [1.29, 1.82) is 0 Å². The number of ether oxygens (including phenoxy) is 3. The van der Waals surface area contributed by atoms with Crippen LogP contribution in [0.15, 0.2) is 146 Å². The first kappa shape index (κ1) is 84.4. The molecule has 0 aliphatic rings. The molecular formula is C71H116O16P2. The van der Waals surface area contributed by atoms with E-state index in [1.54, 1.807) is 0 Å². The summed E-state index contributed by atoms with van der Waals surface area (Å²) in [4.78, 5) is 58.3. The number of esters is 3. The van der Waals surface area contributed by atoms with Crippen LogP contribution in [0.4, 0.5) is 0 Å². The Labute approximate surface area is 537 Å². The summed E-state index contributed by atoms with van der Waals surface area (Å²) in [6, 6.07) is 0. The van der Waals surface area contributed by atoms with Crippen LogP contribution in [0.25, 0.3) is 0 Å². The Morgan fingerprint density at radius 2 is 0.596 bits per heavy atom. The molecule has 0 spiro atoms. The molecule has 0 aromatic heterocycles. The van der Waals surface area contributed by atoms with E-state index in [0.717, 1.165) is 148 Å². The Morgan fingerprint density at radius 1 is 0.326 bits per heavy atom. The lowest BCUT2D eigenvalue weighted by Gasteiger charge is -2.21. The zero-order valence-corrected chi connectivity index (χ0v) is 56.3. The van der Waals surface area contributed by atoms with Crippen LogP contribution in [0, 0.1) is 0 Å². The lowest BCUT2D eigenvalue weighted by atomic mass is 10.1. The average molecular weight is 1290 g/mol. The number of hydrogen-bond donors (Lipinski definition) is 4. The predicted molar refractivity (Wildman–Crippen MR) is 362 cm³/mol. The molecule has 0 aliphatic heterocycles. The van der Waals surface area contributed by atoms with Crippen molar-refractivity contribution in [2.45, 2.75) is 245 Å². The molecule has 4 N–H and O–H groups in total. The number of carbonyl (C=O) groups is 3. The minimum Gasteiger partial charge on any atom is -0.463 e. The van der Waals surface area contributed by atoms with Crippen LogP contribution in [0.3, 0.4) is 0 Å².